The Balaban J connectivity index is 0.00000400. The van der Waals surface area contributed by atoms with Gasteiger partial charge in [-0.15, -0.1) is 24.0 Å². The minimum Gasteiger partial charge on any atom is -0.383 e. The van der Waals surface area contributed by atoms with Crippen LogP contribution >= 0.6 is 24.0 Å². The maximum Gasteiger partial charge on any atom is 0.191 e. The quantitative estimate of drug-likeness (QED) is 0.381. The van der Waals surface area contributed by atoms with E-state index in [1.807, 2.05) is 0 Å². The summed E-state index contributed by atoms with van der Waals surface area (Å²) in [4.78, 5) is 7.09. The first-order valence-corrected chi connectivity index (χ1v) is 7.88. The molecule has 1 aliphatic heterocycles. The number of ether oxygens (including phenoxy) is 1. The lowest BCUT2D eigenvalue weighted by atomic mass is 9.94. The van der Waals surface area contributed by atoms with Crippen molar-refractivity contribution in [3.8, 4) is 0 Å². The first-order chi connectivity index (χ1) is 9.65. The zero-order valence-corrected chi connectivity index (χ0v) is 16.4. The summed E-state index contributed by atoms with van der Waals surface area (Å²) < 4.78 is 5.14. The SMILES string of the molecule is CCNC(=NCCC1CCN(C)CC1)NC(C)COC.I. The molecule has 1 unspecified atom stereocenters. The molecule has 1 rings (SSSR count). The molecule has 0 bridgehead atoms. The standard InChI is InChI=1S/C15H32N4O.HI/c1-5-16-15(18-13(2)12-20-4)17-9-6-14-7-10-19(3)11-8-14;/h13-14H,5-12H2,1-4H3,(H2,16,17,18);1H. The highest BCUT2D eigenvalue weighted by Gasteiger charge is 2.16. The highest BCUT2D eigenvalue weighted by molar-refractivity contribution is 14.0. The van der Waals surface area contributed by atoms with Crippen molar-refractivity contribution in [1.82, 2.24) is 15.5 Å². The van der Waals surface area contributed by atoms with Crippen molar-refractivity contribution in [2.24, 2.45) is 10.9 Å². The Kier molecular flexibility index (Phi) is 12.4. The second-order valence-electron chi connectivity index (χ2n) is 5.80. The van der Waals surface area contributed by atoms with Crippen LogP contribution in [-0.4, -0.2) is 63.8 Å². The zero-order chi connectivity index (χ0) is 14.8. The van der Waals surface area contributed by atoms with Gasteiger partial charge in [0, 0.05) is 26.2 Å². The third kappa shape index (κ3) is 9.52. The van der Waals surface area contributed by atoms with Crippen LogP contribution in [0.1, 0.15) is 33.1 Å². The van der Waals surface area contributed by atoms with E-state index in [1.165, 1.54) is 32.4 Å². The van der Waals surface area contributed by atoms with Gasteiger partial charge < -0.3 is 20.3 Å². The van der Waals surface area contributed by atoms with Gasteiger partial charge in [0.2, 0.25) is 0 Å². The van der Waals surface area contributed by atoms with E-state index in [0.29, 0.717) is 6.61 Å². The van der Waals surface area contributed by atoms with Gasteiger partial charge in [-0.05, 0) is 59.2 Å². The van der Waals surface area contributed by atoms with E-state index in [2.05, 4.69) is 41.4 Å². The molecule has 6 heteroatoms. The number of piperidine rings is 1. The molecule has 0 aliphatic carbocycles. The lowest BCUT2D eigenvalue weighted by Gasteiger charge is -2.28. The number of methoxy groups -OCH3 is 1. The third-order valence-electron chi connectivity index (χ3n) is 3.79. The van der Waals surface area contributed by atoms with Crippen LogP contribution in [0.5, 0.6) is 0 Å². The molecule has 21 heavy (non-hydrogen) atoms. The largest absolute Gasteiger partial charge is 0.383 e. The number of hydrogen-bond donors (Lipinski definition) is 2. The fraction of sp³-hybridized carbons (Fsp3) is 0.933. The highest BCUT2D eigenvalue weighted by Crippen LogP contribution is 2.19. The van der Waals surface area contributed by atoms with Crippen LogP contribution in [0, 0.1) is 5.92 Å². The molecule has 2 N–H and O–H groups in total. The lowest BCUT2D eigenvalue weighted by Crippen LogP contribution is -2.44. The fourth-order valence-corrected chi connectivity index (χ4v) is 2.55. The van der Waals surface area contributed by atoms with E-state index in [1.54, 1.807) is 7.11 Å². The van der Waals surface area contributed by atoms with E-state index in [0.717, 1.165) is 25.0 Å². The van der Waals surface area contributed by atoms with Gasteiger partial charge in [-0.2, -0.15) is 0 Å². The lowest BCUT2D eigenvalue weighted by molar-refractivity contribution is 0.179. The number of likely N-dealkylation sites (tertiary alicyclic amines) is 1. The molecule has 126 valence electrons. The maximum absolute atomic E-state index is 5.14. The molecular weight excluding hydrogens is 379 g/mol. The van der Waals surface area contributed by atoms with Crippen LogP contribution in [0.4, 0.5) is 0 Å². The van der Waals surface area contributed by atoms with Gasteiger partial charge in [-0.3, -0.25) is 4.99 Å². The molecular formula is C15H33IN4O. The van der Waals surface area contributed by atoms with Crippen LogP contribution in [-0.2, 0) is 4.74 Å². The molecule has 0 saturated carbocycles. The monoisotopic (exact) mass is 412 g/mol. The Bertz CT molecular complexity index is 281. The fourth-order valence-electron chi connectivity index (χ4n) is 2.55. The molecule has 1 atom stereocenters. The van der Waals surface area contributed by atoms with Crippen molar-refractivity contribution < 1.29 is 4.74 Å². The van der Waals surface area contributed by atoms with Gasteiger partial charge in [0.1, 0.15) is 0 Å². The molecule has 1 saturated heterocycles. The number of halogens is 1. The summed E-state index contributed by atoms with van der Waals surface area (Å²) >= 11 is 0. The van der Waals surface area contributed by atoms with Crippen LogP contribution in [0.3, 0.4) is 0 Å². The summed E-state index contributed by atoms with van der Waals surface area (Å²) in [6.45, 7) is 9.15. The first kappa shape index (κ1) is 20.9. The number of nitrogens with one attached hydrogen (secondary N) is 2. The Morgan fingerprint density at radius 2 is 2.05 bits per heavy atom. The third-order valence-corrected chi connectivity index (χ3v) is 3.79. The minimum atomic E-state index is 0. The predicted octanol–water partition coefficient (Wildman–Crippen LogP) is 1.93. The van der Waals surface area contributed by atoms with Crippen molar-refractivity contribution in [1.29, 1.82) is 0 Å². The zero-order valence-electron chi connectivity index (χ0n) is 14.0. The van der Waals surface area contributed by atoms with Crippen molar-refractivity contribution in [3.63, 3.8) is 0 Å². The minimum absolute atomic E-state index is 0. The Labute approximate surface area is 147 Å². The van der Waals surface area contributed by atoms with Gasteiger partial charge in [-0.1, -0.05) is 0 Å². The topological polar surface area (TPSA) is 48.9 Å². The Hall–Kier alpha value is -0.0800. The summed E-state index contributed by atoms with van der Waals surface area (Å²) in [6, 6.07) is 0.279. The van der Waals surface area contributed by atoms with E-state index >= 15 is 0 Å². The number of aliphatic imine (C=N–C) groups is 1. The molecule has 1 aliphatic rings. The Morgan fingerprint density at radius 1 is 1.38 bits per heavy atom. The van der Waals surface area contributed by atoms with Crippen molar-refractivity contribution >= 4 is 29.9 Å². The van der Waals surface area contributed by atoms with Crippen molar-refractivity contribution in [3.05, 3.63) is 0 Å². The summed E-state index contributed by atoms with van der Waals surface area (Å²) in [5.41, 5.74) is 0. The molecule has 5 nitrogen and oxygen atoms in total. The summed E-state index contributed by atoms with van der Waals surface area (Å²) in [5, 5.41) is 6.66. The Morgan fingerprint density at radius 3 is 2.62 bits per heavy atom. The molecule has 0 aromatic heterocycles. The predicted molar refractivity (Wildman–Crippen MR) is 101 cm³/mol. The summed E-state index contributed by atoms with van der Waals surface area (Å²) in [5.74, 6) is 1.75. The van der Waals surface area contributed by atoms with Gasteiger partial charge in [0.05, 0.1) is 6.61 Å². The second kappa shape index (κ2) is 12.5. The number of rotatable bonds is 7. The van der Waals surface area contributed by atoms with E-state index < -0.39 is 0 Å². The number of nitrogens with zero attached hydrogens (tertiary/aromatic N) is 2. The van der Waals surface area contributed by atoms with Crippen LogP contribution in [0.2, 0.25) is 0 Å². The van der Waals surface area contributed by atoms with Crippen molar-refractivity contribution in [2.75, 3.05) is 46.9 Å². The van der Waals surface area contributed by atoms with Crippen LogP contribution < -0.4 is 10.6 Å². The summed E-state index contributed by atoms with van der Waals surface area (Å²) in [7, 11) is 3.93. The van der Waals surface area contributed by atoms with E-state index in [9.17, 15) is 0 Å². The highest BCUT2D eigenvalue weighted by atomic mass is 127. The number of hydrogen-bond acceptors (Lipinski definition) is 3. The van der Waals surface area contributed by atoms with Crippen LogP contribution in [0.25, 0.3) is 0 Å². The first-order valence-electron chi connectivity index (χ1n) is 7.88. The van der Waals surface area contributed by atoms with Crippen LogP contribution in [0.15, 0.2) is 4.99 Å². The van der Waals surface area contributed by atoms with E-state index in [-0.39, 0.29) is 30.0 Å². The molecule has 0 radical (unpaired) electrons. The molecule has 0 aromatic rings. The normalized spacial score (nSPS) is 19.0. The average Bonchev–Trinajstić information content (AvgIpc) is 2.41. The smallest absolute Gasteiger partial charge is 0.191 e. The average molecular weight is 412 g/mol. The molecule has 1 heterocycles. The van der Waals surface area contributed by atoms with Crippen molar-refractivity contribution in [2.45, 2.75) is 39.2 Å². The van der Waals surface area contributed by atoms with Gasteiger partial charge in [0.25, 0.3) is 0 Å². The summed E-state index contributed by atoms with van der Waals surface area (Å²) in [6.07, 6.45) is 3.83. The van der Waals surface area contributed by atoms with Gasteiger partial charge in [0.15, 0.2) is 5.96 Å². The molecule has 0 amide bonds. The molecule has 0 spiro atoms. The van der Waals surface area contributed by atoms with Gasteiger partial charge in [-0.25, -0.2) is 0 Å². The number of guanidine groups is 1. The molecule has 1 fully saturated rings. The van der Waals surface area contributed by atoms with E-state index in [4.69, 9.17) is 4.74 Å². The molecule has 0 aromatic carbocycles. The second-order valence-corrected chi connectivity index (χ2v) is 5.80. The maximum atomic E-state index is 5.14. The van der Waals surface area contributed by atoms with Gasteiger partial charge >= 0.3 is 0 Å².